The number of sulfonamides is 1. The van der Waals surface area contributed by atoms with Gasteiger partial charge in [0.1, 0.15) is 0 Å². The Labute approximate surface area is 207 Å². The number of nitro groups is 1. The summed E-state index contributed by atoms with van der Waals surface area (Å²) in [5.74, 6) is -1.34. The number of hydrogen-bond acceptors (Lipinski definition) is 8. The van der Waals surface area contributed by atoms with Crippen molar-refractivity contribution in [2.24, 2.45) is 5.14 Å². The van der Waals surface area contributed by atoms with E-state index in [1.54, 1.807) is 18.2 Å². The summed E-state index contributed by atoms with van der Waals surface area (Å²) >= 11 is 1.23. The molecule has 0 saturated carbocycles. The standard InChI is InChI=1S/C16H10F3N3O3S.C6H7NO2S/c17-16(18,19)15-21-20-14(25-15)12-7-6-11(22(23)24)8-13(12)26-9-10-4-2-1-3-5-10;7-10(8,9)6-4-2-1-3-5-6/h1-8H,9H2;1-5H,(H2,7,8,9). The molecule has 3 aromatic carbocycles. The highest BCUT2D eigenvalue weighted by Crippen LogP contribution is 2.37. The summed E-state index contributed by atoms with van der Waals surface area (Å²) in [6.07, 6.45) is -4.76. The zero-order chi connectivity index (χ0) is 26.3. The van der Waals surface area contributed by atoms with Crippen molar-refractivity contribution < 1.29 is 30.9 Å². The quantitative estimate of drug-likeness (QED) is 0.198. The molecule has 9 nitrogen and oxygen atoms in total. The number of nitro benzene ring substituents is 1. The third-order valence-electron chi connectivity index (χ3n) is 4.38. The zero-order valence-corrected chi connectivity index (χ0v) is 19.8. The number of benzene rings is 3. The number of rotatable bonds is 6. The van der Waals surface area contributed by atoms with E-state index in [4.69, 9.17) is 9.56 Å². The van der Waals surface area contributed by atoms with Gasteiger partial charge in [-0.2, -0.15) is 13.2 Å². The molecule has 0 saturated heterocycles. The molecule has 0 bridgehead atoms. The van der Waals surface area contributed by atoms with Crippen LogP contribution in [0.25, 0.3) is 11.5 Å². The van der Waals surface area contributed by atoms with Crippen LogP contribution in [0.1, 0.15) is 11.5 Å². The van der Waals surface area contributed by atoms with Crippen LogP contribution in [0.5, 0.6) is 0 Å². The Kier molecular flexibility index (Phi) is 8.45. The molecule has 1 heterocycles. The average molecular weight is 539 g/mol. The Morgan fingerprint density at radius 3 is 2.08 bits per heavy atom. The van der Waals surface area contributed by atoms with Gasteiger partial charge in [0, 0.05) is 22.8 Å². The van der Waals surface area contributed by atoms with Crippen LogP contribution in [0.4, 0.5) is 18.9 Å². The van der Waals surface area contributed by atoms with E-state index < -0.39 is 27.0 Å². The van der Waals surface area contributed by atoms with Gasteiger partial charge in [-0.15, -0.1) is 22.0 Å². The SMILES string of the molecule is NS(=O)(=O)c1ccccc1.O=[N+]([O-])c1ccc(-c2nnc(C(F)(F)F)o2)c(SCc2ccccc2)c1. The topological polar surface area (TPSA) is 142 Å². The first kappa shape index (κ1) is 26.8. The van der Waals surface area contributed by atoms with E-state index in [2.05, 4.69) is 10.2 Å². The molecule has 0 spiro atoms. The smallest absolute Gasteiger partial charge is 0.413 e. The van der Waals surface area contributed by atoms with Crippen LogP contribution in [0, 0.1) is 10.1 Å². The maximum Gasteiger partial charge on any atom is 0.470 e. The van der Waals surface area contributed by atoms with Crippen molar-refractivity contribution in [3.63, 3.8) is 0 Å². The van der Waals surface area contributed by atoms with Gasteiger partial charge in [0.25, 0.3) is 5.69 Å². The summed E-state index contributed by atoms with van der Waals surface area (Å²) in [5.41, 5.74) is 0.982. The minimum atomic E-state index is -4.76. The Bertz CT molecular complexity index is 1430. The van der Waals surface area contributed by atoms with Crippen LogP contribution in [0.15, 0.2) is 93.1 Å². The molecule has 0 aliphatic heterocycles. The van der Waals surface area contributed by atoms with Crippen LogP contribution in [-0.4, -0.2) is 23.5 Å². The highest BCUT2D eigenvalue weighted by atomic mass is 32.2. The number of thioether (sulfide) groups is 1. The molecule has 4 rings (SSSR count). The molecule has 0 radical (unpaired) electrons. The molecule has 0 unspecified atom stereocenters. The molecular formula is C22H17F3N4O5S2. The summed E-state index contributed by atoms with van der Waals surface area (Å²) in [6, 6.07) is 20.9. The number of non-ortho nitro benzene ring substituents is 1. The summed E-state index contributed by atoms with van der Waals surface area (Å²) < 4.78 is 63.9. The fourth-order valence-corrected chi connectivity index (χ4v) is 4.28. The van der Waals surface area contributed by atoms with Gasteiger partial charge in [0.05, 0.1) is 15.4 Å². The lowest BCUT2D eigenvalue weighted by atomic mass is 10.2. The van der Waals surface area contributed by atoms with E-state index in [1.807, 2.05) is 30.3 Å². The molecule has 0 fully saturated rings. The molecule has 0 aliphatic carbocycles. The number of primary sulfonamides is 1. The molecule has 0 atom stereocenters. The Balaban J connectivity index is 0.000000303. The second kappa shape index (κ2) is 11.3. The van der Waals surface area contributed by atoms with Crippen molar-refractivity contribution >= 4 is 27.5 Å². The van der Waals surface area contributed by atoms with Crippen molar-refractivity contribution in [2.75, 3.05) is 0 Å². The molecule has 36 heavy (non-hydrogen) atoms. The van der Waals surface area contributed by atoms with E-state index in [1.165, 1.54) is 42.1 Å². The van der Waals surface area contributed by atoms with Gasteiger partial charge in [0.15, 0.2) is 0 Å². The Hall–Kier alpha value is -3.75. The van der Waals surface area contributed by atoms with E-state index >= 15 is 0 Å². The van der Waals surface area contributed by atoms with Crippen LogP contribution in [-0.2, 0) is 22.0 Å². The normalized spacial score (nSPS) is 11.4. The van der Waals surface area contributed by atoms with Gasteiger partial charge in [0.2, 0.25) is 15.9 Å². The largest absolute Gasteiger partial charge is 0.470 e. The van der Waals surface area contributed by atoms with E-state index in [0.29, 0.717) is 10.6 Å². The van der Waals surface area contributed by atoms with Crippen LogP contribution in [0.3, 0.4) is 0 Å². The average Bonchev–Trinajstić information content (AvgIpc) is 3.34. The second-order valence-electron chi connectivity index (χ2n) is 6.98. The van der Waals surface area contributed by atoms with Crippen molar-refractivity contribution in [3.8, 4) is 11.5 Å². The van der Waals surface area contributed by atoms with Crippen molar-refractivity contribution in [3.05, 3.63) is 100 Å². The summed E-state index contributed by atoms with van der Waals surface area (Å²) in [6.45, 7) is 0. The summed E-state index contributed by atoms with van der Waals surface area (Å²) in [5, 5.41) is 22.3. The van der Waals surface area contributed by atoms with Crippen molar-refractivity contribution in [1.82, 2.24) is 10.2 Å². The van der Waals surface area contributed by atoms with Gasteiger partial charge in [-0.05, 0) is 23.8 Å². The third-order valence-corrected chi connectivity index (χ3v) is 6.44. The van der Waals surface area contributed by atoms with Crippen LogP contribution < -0.4 is 5.14 Å². The van der Waals surface area contributed by atoms with Crippen molar-refractivity contribution in [1.29, 1.82) is 0 Å². The van der Waals surface area contributed by atoms with Crippen LogP contribution >= 0.6 is 11.8 Å². The third kappa shape index (κ3) is 7.37. The lowest BCUT2D eigenvalue weighted by Crippen LogP contribution is -2.11. The summed E-state index contributed by atoms with van der Waals surface area (Å²) in [4.78, 5) is 11.0. The van der Waals surface area contributed by atoms with E-state index in [0.717, 1.165) is 5.56 Å². The fourth-order valence-electron chi connectivity index (χ4n) is 2.71. The second-order valence-corrected chi connectivity index (χ2v) is 9.56. The fraction of sp³-hybridized carbons (Fsp3) is 0.0909. The van der Waals surface area contributed by atoms with E-state index in [9.17, 15) is 31.7 Å². The number of nitrogens with zero attached hydrogens (tertiary/aromatic N) is 3. The summed E-state index contributed by atoms with van der Waals surface area (Å²) in [7, 11) is -3.50. The van der Waals surface area contributed by atoms with Gasteiger partial charge >= 0.3 is 12.1 Å². The van der Waals surface area contributed by atoms with Crippen LogP contribution in [0.2, 0.25) is 0 Å². The molecule has 14 heteroatoms. The van der Waals surface area contributed by atoms with Gasteiger partial charge in [-0.3, -0.25) is 10.1 Å². The van der Waals surface area contributed by atoms with Gasteiger partial charge in [-0.25, -0.2) is 13.6 Å². The number of hydrogen-bond donors (Lipinski definition) is 1. The lowest BCUT2D eigenvalue weighted by molar-refractivity contribution is -0.385. The molecule has 188 valence electrons. The highest BCUT2D eigenvalue weighted by Gasteiger charge is 2.38. The minimum absolute atomic E-state index is 0.148. The van der Waals surface area contributed by atoms with Crippen molar-refractivity contribution in [2.45, 2.75) is 21.7 Å². The maximum atomic E-state index is 12.7. The predicted octanol–water partition coefficient (Wildman–Crippen LogP) is 5.29. The van der Waals surface area contributed by atoms with Gasteiger partial charge in [-0.1, -0.05) is 48.5 Å². The van der Waals surface area contributed by atoms with Gasteiger partial charge < -0.3 is 4.42 Å². The Morgan fingerprint density at radius 2 is 1.58 bits per heavy atom. The first-order valence-electron chi connectivity index (χ1n) is 9.89. The molecular weight excluding hydrogens is 521 g/mol. The lowest BCUT2D eigenvalue weighted by Gasteiger charge is -2.07. The zero-order valence-electron chi connectivity index (χ0n) is 18.1. The first-order chi connectivity index (χ1) is 16.9. The molecule has 2 N–H and O–H groups in total. The Morgan fingerprint density at radius 1 is 0.972 bits per heavy atom. The highest BCUT2D eigenvalue weighted by molar-refractivity contribution is 7.98. The number of halogens is 3. The molecule has 4 aromatic rings. The monoisotopic (exact) mass is 538 g/mol. The number of aromatic nitrogens is 2. The minimum Gasteiger partial charge on any atom is -0.413 e. The molecule has 0 aliphatic rings. The predicted molar refractivity (Wildman–Crippen MR) is 125 cm³/mol. The molecule has 0 amide bonds. The van der Waals surface area contributed by atoms with E-state index in [-0.39, 0.29) is 22.0 Å². The first-order valence-corrected chi connectivity index (χ1v) is 12.4. The molecule has 1 aromatic heterocycles. The number of nitrogens with two attached hydrogens (primary N) is 1. The number of alkyl halides is 3. The maximum absolute atomic E-state index is 12.7.